The summed E-state index contributed by atoms with van der Waals surface area (Å²) in [7, 11) is 0. The lowest BCUT2D eigenvalue weighted by atomic mass is 10.2. The van der Waals surface area contributed by atoms with Gasteiger partial charge in [-0.1, -0.05) is 48.5 Å². The first-order valence-corrected chi connectivity index (χ1v) is 9.01. The van der Waals surface area contributed by atoms with Gasteiger partial charge in [0, 0.05) is 30.9 Å². The van der Waals surface area contributed by atoms with Crippen LogP contribution >= 0.6 is 0 Å². The molecule has 0 aliphatic carbocycles. The first-order chi connectivity index (χ1) is 13.6. The first kappa shape index (κ1) is 19.4. The van der Waals surface area contributed by atoms with E-state index in [0.717, 1.165) is 11.3 Å². The number of nitrogens with zero attached hydrogens (tertiary/aromatic N) is 2. The largest absolute Gasteiger partial charge is 0.491 e. The Bertz CT molecular complexity index is 870. The average Bonchev–Trinajstić information content (AvgIpc) is 2.73. The van der Waals surface area contributed by atoms with E-state index in [0.29, 0.717) is 18.8 Å². The monoisotopic (exact) mass is 378 g/mol. The summed E-state index contributed by atoms with van der Waals surface area (Å²) in [6, 6.07) is 25.8. The number of hydrogen-bond acceptors (Lipinski definition) is 5. The third kappa shape index (κ3) is 5.56. The molecule has 28 heavy (non-hydrogen) atoms. The van der Waals surface area contributed by atoms with Gasteiger partial charge in [0.15, 0.2) is 0 Å². The van der Waals surface area contributed by atoms with Gasteiger partial charge in [0.2, 0.25) is 0 Å². The van der Waals surface area contributed by atoms with E-state index >= 15 is 0 Å². The Labute approximate surface area is 163 Å². The maximum atomic E-state index is 10.7. The van der Waals surface area contributed by atoms with Crippen molar-refractivity contribution in [3.63, 3.8) is 0 Å². The van der Waals surface area contributed by atoms with Crippen LogP contribution in [-0.4, -0.2) is 29.3 Å². The normalized spacial score (nSPS) is 11.6. The standard InChI is InChI=1S/C22H22N2O4/c25-21(17-28-22-13-11-20(12-14-22)24(26)27)16-23(19-9-5-2-6-10-19)15-18-7-3-1-4-8-18/h1-14,21,25H,15-17H2/t21-/m0/s1. The molecule has 1 atom stereocenters. The van der Waals surface area contributed by atoms with Crippen molar-refractivity contribution in [3.8, 4) is 5.75 Å². The molecule has 0 fully saturated rings. The lowest BCUT2D eigenvalue weighted by Crippen LogP contribution is -2.35. The highest BCUT2D eigenvalue weighted by Gasteiger charge is 2.14. The molecule has 6 heteroatoms. The number of hydrogen-bond donors (Lipinski definition) is 1. The fourth-order valence-corrected chi connectivity index (χ4v) is 2.87. The average molecular weight is 378 g/mol. The topological polar surface area (TPSA) is 75.8 Å². The summed E-state index contributed by atoms with van der Waals surface area (Å²) in [6.07, 6.45) is -0.723. The predicted octanol–water partition coefficient (Wildman–Crippen LogP) is 4.04. The molecule has 0 aromatic heterocycles. The Balaban J connectivity index is 1.62. The number of anilines is 1. The van der Waals surface area contributed by atoms with E-state index in [-0.39, 0.29) is 12.3 Å². The molecule has 1 N–H and O–H groups in total. The van der Waals surface area contributed by atoms with Crippen LogP contribution in [0.5, 0.6) is 5.75 Å². The number of aliphatic hydroxyl groups is 1. The highest BCUT2D eigenvalue weighted by Crippen LogP contribution is 2.19. The van der Waals surface area contributed by atoms with Crippen LogP contribution in [0.25, 0.3) is 0 Å². The van der Waals surface area contributed by atoms with Gasteiger partial charge in [-0.05, 0) is 29.8 Å². The summed E-state index contributed by atoms with van der Waals surface area (Å²) in [5, 5.41) is 21.2. The van der Waals surface area contributed by atoms with Crippen molar-refractivity contribution >= 4 is 11.4 Å². The molecule has 0 spiro atoms. The number of benzene rings is 3. The summed E-state index contributed by atoms with van der Waals surface area (Å²) >= 11 is 0. The number of ether oxygens (including phenoxy) is 1. The number of nitro groups is 1. The van der Waals surface area contributed by atoms with E-state index in [1.165, 1.54) is 24.3 Å². The van der Waals surface area contributed by atoms with Crippen LogP contribution in [0.15, 0.2) is 84.9 Å². The van der Waals surface area contributed by atoms with Gasteiger partial charge in [-0.2, -0.15) is 0 Å². The van der Waals surface area contributed by atoms with Gasteiger partial charge in [0.05, 0.1) is 4.92 Å². The number of aliphatic hydroxyl groups excluding tert-OH is 1. The van der Waals surface area contributed by atoms with E-state index in [1.54, 1.807) is 0 Å². The van der Waals surface area contributed by atoms with Gasteiger partial charge in [0.1, 0.15) is 18.5 Å². The number of para-hydroxylation sites is 1. The first-order valence-electron chi connectivity index (χ1n) is 9.01. The molecule has 0 aliphatic rings. The Morgan fingerprint density at radius 2 is 1.54 bits per heavy atom. The zero-order valence-electron chi connectivity index (χ0n) is 15.3. The number of non-ortho nitro benzene ring substituents is 1. The van der Waals surface area contributed by atoms with Crippen molar-refractivity contribution in [1.29, 1.82) is 0 Å². The lowest BCUT2D eigenvalue weighted by Gasteiger charge is -2.27. The van der Waals surface area contributed by atoms with E-state index in [9.17, 15) is 15.2 Å². The number of nitro benzene ring substituents is 1. The third-order valence-electron chi connectivity index (χ3n) is 4.26. The maximum Gasteiger partial charge on any atom is 0.269 e. The molecule has 0 heterocycles. The molecule has 144 valence electrons. The molecule has 3 rings (SSSR count). The molecule has 0 aliphatic heterocycles. The quantitative estimate of drug-likeness (QED) is 0.449. The maximum absolute atomic E-state index is 10.7. The minimum Gasteiger partial charge on any atom is -0.491 e. The highest BCUT2D eigenvalue weighted by atomic mass is 16.6. The van der Waals surface area contributed by atoms with Crippen LogP contribution in [-0.2, 0) is 6.54 Å². The van der Waals surface area contributed by atoms with Crippen LogP contribution < -0.4 is 9.64 Å². The minimum absolute atomic E-state index is 0.00557. The predicted molar refractivity (Wildman–Crippen MR) is 109 cm³/mol. The van der Waals surface area contributed by atoms with Gasteiger partial charge in [-0.15, -0.1) is 0 Å². The second kappa shape index (κ2) is 9.53. The molecule has 0 radical (unpaired) electrons. The lowest BCUT2D eigenvalue weighted by molar-refractivity contribution is -0.384. The smallest absolute Gasteiger partial charge is 0.269 e. The Kier molecular flexibility index (Phi) is 6.59. The van der Waals surface area contributed by atoms with Crippen molar-refractivity contribution in [2.45, 2.75) is 12.6 Å². The van der Waals surface area contributed by atoms with Crippen molar-refractivity contribution in [2.24, 2.45) is 0 Å². The van der Waals surface area contributed by atoms with Crippen molar-refractivity contribution < 1.29 is 14.8 Å². The Morgan fingerprint density at radius 1 is 0.929 bits per heavy atom. The fraction of sp³-hybridized carbons (Fsp3) is 0.182. The Hall–Kier alpha value is -3.38. The third-order valence-corrected chi connectivity index (χ3v) is 4.26. The van der Waals surface area contributed by atoms with Crippen molar-refractivity contribution in [1.82, 2.24) is 0 Å². The van der Waals surface area contributed by atoms with Gasteiger partial charge >= 0.3 is 0 Å². The highest BCUT2D eigenvalue weighted by molar-refractivity contribution is 5.47. The SMILES string of the molecule is O=[N+]([O-])c1ccc(OC[C@@H](O)CN(Cc2ccccc2)c2ccccc2)cc1. The zero-order valence-corrected chi connectivity index (χ0v) is 15.3. The fourth-order valence-electron chi connectivity index (χ4n) is 2.87. The molecule has 6 nitrogen and oxygen atoms in total. The van der Waals surface area contributed by atoms with Gasteiger partial charge < -0.3 is 14.7 Å². The molecule has 0 saturated heterocycles. The molecule has 3 aromatic rings. The molecule has 0 bridgehead atoms. The molecule has 3 aromatic carbocycles. The molecule has 0 amide bonds. The van der Waals surface area contributed by atoms with Crippen LogP contribution in [0, 0.1) is 10.1 Å². The Morgan fingerprint density at radius 3 is 2.14 bits per heavy atom. The van der Waals surface area contributed by atoms with Gasteiger partial charge in [-0.25, -0.2) is 0 Å². The summed E-state index contributed by atoms with van der Waals surface area (Å²) in [5.74, 6) is 0.485. The summed E-state index contributed by atoms with van der Waals surface area (Å²) < 4.78 is 5.59. The minimum atomic E-state index is -0.723. The van der Waals surface area contributed by atoms with Crippen LogP contribution in [0.4, 0.5) is 11.4 Å². The molecule has 0 saturated carbocycles. The molecule has 0 unspecified atom stereocenters. The molecular formula is C22H22N2O4. The van der Waals surface area contributed by atoms with Gasteiger partial charge in [0.25, 0.3) is 5.69 Å². The van der Waals surface area contributed by atoms with Crippen LogP contribution in [0.1, 0.15) is 5.56 Å². The van der Waals surface area contributed by atoms with Crippen molar-refractivity contribution in [3.05, 3.63) is 101 Å². The second-order valence-electron chi connectivity index (χ2n) is 6.42. The summed E-state index contributed by atoms with van der Waals surface area (Å²) in [4.78, 5) is 12.3. The van der Waals surface area contributed by atoms with E-state index in [4.69, 9.17) is 4.74 Å². The number of rotatable bonds is 9. The van der Waals surface area contributed by atoms with Crippen LogP contribution in [0.2, 0.25) is 0 Å². The van der Waals surface area contributed by atoms with Crippen molar-refractivity contribution in [2.75, 3.05) is 18.1 Å². The summed E-state index contributed by atoms with van der Waals surface area (Å²) in [6.45, 7) is 1.15. The summed E-state index contributed by atoms with van der Waals surface area (Å²) in [5.41, 5.74) is 2.17. The molecular weight excluding hydrogens is 356 g/mol. The van der Waals surface area contributed by atoms with E-state index in [1.807, 2.05) is 48.5 Å². The van der Waals surface area contributed by atoms with Crippen LogP contribution in [0.3, 0.4) is 0 Å². The second-order valence-corrected chi connectivity index (χ2v) is 6.42. The zero-order chi connectivity index (χ0) is 19.8. The van der Waals surface area contributed by atoms with E-state index in [2.05, 4.69) is 17.0 Å². The van der Waals surface area contributed by atoms with Gasteiger partial charge in [-0.3, -0.25) is 10.1 Å². The van der Waals surface area contributed by atoms with E-state index < -0.39 is 11.0 Å².